The lowest BCUT2D eigenvalue weighted by Crippen LogP contribution is -2.35. The number of amides is 1. The van der Waals surface area contributed by atoms with E-state index in [0.717, 1.165) is 34.2 Å². The lowest BCUT2D eigenvalue weighted by molar-refractivity contribution is 0.0984. The first-order valence-electron chi connectivity index (χ1n) is 12.8. The largest absolute Gasteiger partial charge is 0.278 e. The fourth-order valence-corrected chi connectivity index (χ4v) is 7.60. The van der Waals surface area contributed by atoms with E-state index in [9.17, 15) is 13.2 Å². The SMILES string of the molecule is Cc1c(Cl)ccc2sc(N(Cc3ccccn3)C(=O)c3ccc(S(=O)(=O)N4CCCc5ccccc54)cc3)nc12. The van der Waals surface area contributed by atoms with E-state index >= 15 is 0 Å². The molecule has 0 saturated heterocycles. The molecule has 3 aromatic carbocycles. The Labute approximate surface area is 241 Å². The van der Waals surface area contributed by atoms with Crippen LogP contribution in [0.25, 0.3) is 10.2 Å². The van der Waals surface area contributed by atoms with Gasteiger partial charge < -0.3 is 0 Å². The molecule has 0 unspecified atom stereocenters. The Morgan fingerprint density at radius 2 is 1.80 bits per heavy atom. The highest BCUT2D eigenvalue weighted by atomic mass is 35.5. The number of thiazole rings is 1. The van der Waals surface area contributed by atoms with Crippen molar-refractivity contribution in [3.8, 4) is 0 Å². The van der Waals surface area contributed by atoms with Crippen molar-refractivity contribution in [3.63, 3.8) is 0 Å². The van der Waals surface area contributed by atoms with Gasteiger partial charge in [-0.2, -0.15) is 0 Å². The first-order valence-corrected chi connectivity index (χ1v) is 15.4. The van der Waals surface area contributed by atoms with Crippen LogP contribution in [-0.4, -0.2) is 30.8 Å². The van der Waals surface area contributed by atoms with Gasteiger partial charge in [0.2, 0.25) is 0 Å². The number of aromatic nitrogens is 2. The van der Waals surface area contributed by atoms with Gasteiger partial charge in [0.25, 0.3) is 15.9 Å². The second kappa shape index (κ2) is 10.6. The molecule has 202 valence electrons. The molecule has 0 fully saturated rings. The van der Waals surface area contributed by atoms with E-state index in [-0.39, 0.29) is 17.3 Å². The summed E-state index contributed by atoms with van der Waals surface area (Å²) in [7, 11) is -3.79. The van der Waals surface area contributed by atoms with Gasteiger partial charge in [0.1, 0.15) is 0 Å². The number of halogens is 1. The number of anilines is 2. The first-order chi connectivity index (χ1) is 19.3. The fraction of sp³-hybridized carbons (Fsp3) is 0.167. The summed E-state index contributed by atoms with van der Waals surface area (Å²) in [6.45, 7) is 2.52. The van der Waals surface area contributed by atoms with E-state index in [0.29, 0.717) is 33.6 Å². The second-order valence-corrected chi connectivity index (χ2v) is 12.8. The second-order valence-electron chi connectivity index (χ2n) is 9.56. The van der Waals surface area contributed by atoms with Crippen LogP contribution in [0.4, 0.5) is 10.8 Å². The average Bonchev–Trinajstić information content (AvgIpc) is 3.42. The third-order valence-corrected chi connectivity index (χ3v) is 10.3. The Kier molecular flexibility index (Phi) is 7.04. The number of hydrogen-bond acceptors (Lipinski definition) is 6. The molecule has 0 spiro atoms. The van der Waals surface area contributed by atoms with Crippen LogP contribution in [-0.2, 0) is 23.0 Å². The number of hydrogen-bond donors (Lipinski definition) is 0. The zero-order valence-corrected chi connectivity index (χ0v) is 24.0. The molecule has 1 amide bonds. The maximum absolute atomic E-state index is 13.9. The maximum atomic E-state index is 13.9. The summed E-state index contributed by atoms with van der Waals surface area (Å²) in [5, 5.41) is 1.12. The maximum Gasteiger partial charge on any atom is 0.264 e. The van der Waals surface area contributed by atoms with Crippen LogP contribution in [0.3, 0.4) is 0 Å². The van der Waals surface area contributed by atoms with E-state index in [2.05, 4.69) is 4.98 Å². The van der Waals surface area contributed by atoms with Gasteiger partial charge in [0.15, 0.2) is 5.13 Å². The monoisotopic (exact) mass is 588 g/mol. The summed E-state index contributed by atoms with van der Waals surface area (Å²) in [4.78, 5) is 24.8. The van der Waals surface area contributed by atoms with Crippen LogP contribution >= 0.6 is 22.9 Å². The van der Waals surface area contributed by atoms with E-state index < -0.39 is 10.0 Å². The molecule has 3 heterocycles. The summed E-state index contributed by atoms with van der Waals surface area (Å²) >= 11 is 7.72. The number of rotatable bonds is 6. The van der Waals surface area contributed by atoms with Crippen LogP contribution in [0.2, 0.25) is 5.02 Å². The van der Waals surface area contributed by atoms with Gasteiger partial charge in [-0.3, -0.25) is 19.0 Å². The Hall–Kier alpha value is -3.79. The number of fused-ring (bicyclic) bond motifs is 2. The van der Waals surface area contributed by atoms with Gasteiger partial charge in [0.05, 0.1) is 33.0 Å². The Bertz CT molecular complexity index is 1820. The van der Waals surface area contributed by atoms with Crippen molar-refractivity contribution in [3.05, 3.63) is 112 Å². The third kappa shape index (κ3) is 4.85. The molecule has 2 aromatic heterocycles. The lowest BCUT2D eigenvalue weighted by atomic mass is 10.0. The summed E-state index contributed by atoms with van der Waals surface area (Å²) < 4.78 is 29.6. The van der Waals surface area contributed by atoms with E-state index in [1.54, 1.807) is 23.2 Å². The van der Waals surface area contributed by atoms with Crippen LogP contribution in [0.1, 0.15) is 33.6 Å². The number of nitrogens with zero attached hydrogens (tertiary/aromatic N) is 4. The van der Waals surface area contributed by atoms with Crippen molar-refractivity contribution in [2.45, 2.75) is 31.2 Å². The normalized spacial score (nSPS) is 13.3. The third-order valence-electron chi connectivity index (χ3n) is 7.02. The lowest BCUT2D eigenvalue weighted by Gasteiger charge is -2.30. The summed E-state index contributed by atoms with van der Waals surface area (Å²) in [5.74, 6) is -0.305. The molecular formula is C30H25ClN4O3S2. The zero-order valence-electron chi connectivity index (χ0n) is 21.6. The minimum Gasteiger partial charge on any atom is -0.278 e. The number of sulfonamides is 1. The number of para-hydroxylation sites is 1. The van der Waals surface area contributed by atoms with E-state index in [1.807, 2.05) is 61.5 Å². The van der Waals surface area contributed by atoms with Gasteiger partial charge in [0, 0.05) is 23.3 Å². The number of carbonyl (C=O) groups excluding carboxylic acids is 1. The molecule has 7 nitrogen and oxygen atoms in total. The standard InChI is InChI=1S/C30H25ClN4O3S2/c1-20-25(31)15-16-27-28(20)33-30(39-27)34(19-23-9-4-5-17-32-23)29(36)22-11-13-24(14-12-22)40(37,38)35-18-6-8-21-7-2-3-10-26(21)35/h2-5,7,9-17H,6,8,18-19H2,1H3. The number of benzene rings is 3. The molecule has 0 aliphatic carbocycles. The van der Waals surface area contributed by atoms with Crippen molar-refractivity contribution in [2.24, 2.45) is 0 Å². The van der Waals surface area contributed by atoms with Crippen molar-refractivity contribution in [2.75, 3.05) is 15.7 Å². The minimum atomic E-state index is -3.79. The highest BCUT2D eigenvalue weighted by Gasteiger charge is 2.30. The molecule has 0 N–H and O–H groups in total. The quantitative estimate of drug-likeness (QED) is 0.222. The Morgan fingerprint density at radius 3 is 2.58 bits per heavy atom. The molecule has 0 bridgehead atoms. The highest BCUT2D eigenvalue weighted by Crippen LogP contribution is 2.35. The number of carbonyl (C=O) groups is 1. The first kappa shape index (κ1) is 26.4. The van der Waals surface area contributed by atoms with Gasteiger partial charge in [-0.25, -0.2) is 13.4 Å². The predicted octanol–water partition coefficient (Wildman–Crippen LogP) is 6.64. The summed E-state index contributed by atoms with van der Waals surface area (Å²) in [6.07, 6.45) is 3.28. The van der Waals surface area contributed by atoms with E-state index in [1.165, 1.54) is 27.8 Å². The predicted molar refractivity (Wildman–Crippen MR) is 160 cm³/mol. The molecule has 0 radical (unpaired) electrons. The zero-order chi connectivity index (χ0) is 27.9. The molecule has 0 saturated carbocycles. The number of pyridine rings is 1. The molecular weight excluding hydrogens is 564 g/mol. The van der Waals surface area contributed by atoms with Crippen molar-refractivity contribution >= 4 is 59.9 Å². The molecule has 5 aromatic rings. The van der Waals surface area contributed by atoms with Crippen LogP contribution < -0.4 is 9.21 Å². The molecule has 0 atom stereocenters. The smallest absolute Gasteiger partial charge is 0.264 e. The van der Waals surface area contributed by atoms with E-state index in [4.69, 9.17) is 16.6 Å². The van der Waals surface area contributed by atoms with Crippen molar-refractivity contribution < 1.29 is 13.2 Å². The van der Waals surface area contributed by atoms with Gasteiger partial charge in [-0.15, -0.1) is 0 Å². The highest BCUT2D eigenvalue weighted by molar-refractivity contribution is 7.92. The molecule has 40 heavy (non-hydrogen) atoms. The molecule has 6 rings (SSSR count). The Balaban J connectivity index is 1.34. The molecule has 1 aliphatic heterocycles. The van der Waals surface area contributed by atoms with Crippen molar-refractivity contribution in [1.29, 1.82) is 0 Å². The van der Waals surface area contributed by atoms with Crippen LogP contribution in [0.5, 0.6) is 0 Å². The minimum absolute atomic E-state index is 0.141. The van der Waals surface area contributed by atoms with Gasteiger partial charge >= 0.3 is 0 Å². The van der Waals surface area contributed by atoms with Crippen LogP contribution in [0.15, 0.2) is 90.0 Å². The van der Waals surface area contributed by atoms with Crippen LogP contribution in [0, 0.1) is 6.92 Å². The molecule has 10 heteroatoms. The average molecular weight is 589 g/mol. The van der Waals surface area contributed by atoms with Crippen molar-refractivity contribution in [1.82, 2.24) is 9.97 Å². The van der Waals surface area contributed by atoms with Gasteiger partial charge in [-0.1, -0.05) is 47.2 Å². The molecule has 1 aliphatic rings. The summed E-state index contributed by atoms with van der Waals surface area (Å²) in [5.41, 5.74) is 4.37. The number of aryl methyl sites for hydroxylation is 2. The van der Waals surface area contributed by atoms with Gasteiger partial charge in [-0.05, 0) is 85.5 Å². The fourth-order valence-electron chi connectivity index (χ4n) is 4.89. The summed E-state index contributed by atoms with van der Waals surface area (Å²) in [6, 6.07) is 23.0. The Morgan fingerprint density at radius 1 is 1.02 bits per heavy atom. The topological polar surface area (TPSA) is 83.5 Å².